The number of rotatable bonds is 7. The number of nitrogens with one attached hydrogen (secondary N) is 1. The lowest BCUT2D eigenvalue weighted by atomic mass is 9.92. The Morgan fingerprint density at radius 3 is 2.37 bits per heavy atom. The summed E-state index contributed by atoms with van der Waals surface area (Å²) in [5, 5.41) is 2.59. The van der Waals surface area contributed by atoms with Crippen molar-refractivity contribution >= 4 is 11.7 Å². The van der Waals surface area contributed by atoms with Gasteiger partial charge in [0.2, 0.25) is 0 Å². The summed E-state index contributed by atoms with van der Waals surface area (Å²) in [6.45, 7) is 14.8. The molecule has 0 heterocycles. The molecule has 1 aromatic rings. The molecule has 7 heteroatoms. The second-order valence-corrected chi connectivity index (χ2v) is 7.76. The zero-order chi connectivity index (χ0) is 23.1. The van der Waals surface area contributed by atoms with E-state index in [0.717, 1.165) is 23.1 Å². The molecule has 0 atom stereocenters. The Hall–Kier alpha value is -2.70. The molecule has 0 bridgehead atoms. The Morgan fingerprint density at radius 1 is 1.23 bits per heavy atom. The molecular weight excluding hydrogens is 395 g/mol. The van der Waals surface area contributed by atoms with Crippen LogP contribution in [-0.2, 0) is 11.3 Å². The van der Waals surface area contributed by atoms with Gasteiger partial charge in [0, 0.05) is 6.54 Å². The van der Waals surface area contributed by atoms with Crippen LogP contribution in [0.25, 0.3) is 5.57 Å². The molecule has 0 unspecified atom stereocenters. The van der Waals surface area contributed by atoms with E-state index in [1.54, 1.807) is 26.8 Å². The highest BCUT2D eigenvalue weighted by Crippen LogP contribution is 2.32. The van der Waals surface area contributed by atoms with Crippen LogP contribution in [-0.4, -0.2) is 18.1 Å². The number of hydrogen-bond donors (Lipinski definition) is 1. The van der Waals surface area contributed by atoms with Gasteiger partial charge in [0.1, 0.15) is 11.4 Å². The van der Waals surface area contributed by atoms with Crippen LogP contribution in [0.5, 0.6) is 5.75 Å². The monoisotopic (exact) mass is 425 g/mol. The topological polar surface area (TPSA) is 47.6 Å². The highest BCUT2D eigenvalue weighted by atomic mass is 19.4. The van der Waals surface area contributed by atoms with Gasteiger partial charge in [-0.3, -0.25) is 0 Å². The van der Waals surface area contributed by atoms with E-state index in [-0.39, 0.29) is 12.3 Å². The van der Waals surface area contributed by atoms with Crippen LogP contribution in [0.2, 0.25) is 0 Å². The number of carbonyl (C=O) groups excluding carboxylic acids is 1. The van der Waals surface area contributed by atoms with Gasteiger partial charge in [0.15, 0.2) is 0 Å². The first kappa shape index (κ1) is 25.3. The van der Waals surface area contributed by atoms with Crippen molar-refractivity contribution in [2.45, 2.75) is 66.5 Å². The number of halogens is 3. The van der Waals surface area contributed by atoms with Gasteiger partial charge in [-0.15, -0.1) is 13.2 Å². The quantitative estimate of drug-likeness (QED) is 0.482. The SMILES string of the molecule is C=C(/C=C(C)/C(=C\C)c1ccc(OC(F)(F)F)cc1CNC(=O)OC(C)(C)C)CC. The molecule has 4 nitrogen and oxygen atoms in total. The highest BCUT2D eigenvalue weighted by molar-refractivity contribution is 5.81. The number of benzene rings is 1. The fourth-order valence-corrected chi connectivity index (χ4v) is 2.74. The van der Waals surface area contributed by atoms with E-state index >= 15 is 0 Å². The normalized spacial score (nSPS) is 13.1. The third-order valence-corrected chi connectivity index (χ3v) is 4.01. The van der Waals surface area contributed by atoms with E-state index < -0.39 is 18.1 Å². The first-order valence-electron chi connectivity index (χ1n) is 9.64. The van der Waals surface area contributed by atoms with Gasteiger partial charge in [-0.25, -0.2) is 4.79 Å². The number of hydrogen-bond acceptors (Lipinski definition) is 3. The van der Waals surface area contributed by atoms with Crippen LogP contribution < -0.4 is 10.1 Å². The van der Waals surface area contributed by atoms with Crippen LogP contribution in [0.15, 0.2) is 48.1 Å². The summed E-state index contributed by atoms with van der Waals surface area (Å²) < 4.78 is 47.3. The number of alkyl carbamates (subject to hydrolysis) is 1. The third-order valence-electron chi connectivity index (χ3n) is 4.01. The average molecular weight is 425 g/mol. The van der Waals surface area contributed by atoms with Crippen molar-refractivity contribution < 1.29 is 27.4 Å². The Balaban J connectivity index is 3.31. The maximum Gasteiger partial charge on any atom is 0.573 e. The molecule has 1 amide bonds. The molecule has 166 valence electrons. The minimum absolute atomic E-state index is 0.0291. The maximum atomic E-state index is 12.7. The van der Waals surface area contributed by atoms with Crippen molar-refractivity contribution in [3.8, 4) is 5.75 Å². The number of allylic oxidation sites excluding steroid dienone is 5. The fraction of sp³-hybridized carbons (Fsp3) is 0.435. The molecule has 0 spiro atoms. The molecule has 30 heavy (non-hydrogen) atoms. The maximum absolute atomic E-state index is 12.7. The van der Waals surface area contributed by atoms with E-state index in [1.165, 1.54) is 12.1 Å². The van der Waals surface area contributed by atoms with E-state index in [4.69, 9.17) is 4.74 Å². The summed E-state index contributed by atoms with van der Waals surface area (Å²) in [7, 11) is 0. The smallest absolute Gasteiger partial charge is 0.444 e. The lowest BCUT2D eigenvalue weighted by Gasteiger charge is -2.21. The van der Waals surface area contributed by atoms with Gasteiger partial charge >= 0.3 is 12.5 Å². The molecule has 0 saturated heterocycles. The number of ether oxygens (including phenoxy) is 2. The Morgan fingerprint density at radius 2 is 1.87 bits per heavy atom. The molecule has 0 saturated carbocycles. The molecule has 0 fully saturated rings. The second-order valence-electron chi connectivity index (χ2n) is 7.76. The summed E-state index contributed by atoms with van der Waals surface area (Å²) in [6, 6.07) is 4.07. The molecule has 1 N–H and O–H groups in total. The second kappa shape index (κ2) is 10.4. The standard InChI is InChI=1S/C23H30F3NO3/c1-8-15(3)12-16(4)19(9-2)20-11-10-18(29-23(24,25)26)13-17(20)14-27-21(28)30-22(5,6)7/h9-13H,3,8,14H2,1-2,4-7H3,(H,27,28)/b16-12+,19-9+. The van der Waals surface area contributed by atoms with Gasteiger partial charge in [-0.1, -0.05) is 37.3 Å². The number of alkyl halides is 3. The summed E-state index contributed by atoms with van der Waals surface area (Å²) in [6.07, 6.45) is -0.898. The van der Waals surface area contributed by atoms with Crippen LogP contribution in [0.4, 0.5) is 18.0 Å². The third kappa shape index (κ3) is 8.76. The van der Waals surface area contributed by atoms with Crippen molar-refractivity contribution in [2.24, 2.45) is 0 Å². The number of amides is 1. The fourth-order valence-electron chi connectivity index (χ4n) is 2.74. The van der Waals surface area contributed by atoms with Crippen LogP contribution in [0, 0.1) is 0 Å². The lowest BCUT2D eigenvalue weighted by Crippen LogP contribution is -2.32. The first-order valence-corrected chi connectivity index (χ1v) is 9.64. The van der Waals surface area contributed by atoms with Crippen LogP contribution in [0.3, 0.4) is 0 Å². The Kier molecular flexibility index (Phi) is 8.75. The van der Waals surface area contributed by atoms with Gasteiger partial charge in [-0.05, 0) is 75.4 Å². The van der Waals surface area contributed by atoms with Gasteiger partial charge in [0.25, 0.3) is 0 Å². The Bertz CT molecular complexity index is 831. The molecule has 0 aliphatic carbocycles. The Labute approximate surface area is 176 Å². The first-order chi connectivity index (χ1) is 13.8. The molecule has 0 aliphatic rings. The van der Waals surface area contributed by atoms with Gasteiger partial charge < -0.3 is 14.8 Å². The van der Waals surface area contributed by atoms with E-state index in [1.807, 2.05) is 32.9 Å². The van der Waals surface area contributed by atoms with Crippen molar-refractivity contribution in [3.05, 3.63) is 59.2 Å². The summed E-state index contributed by atoms with van der Waals surface area (Å²) in [5.74, 6) is -0.359. The largest absolute Gasteiger partial charge is 0.573 e. The average Bonchev–Trinajstić information content (AvgIpc) is 2.59. The van der Waals surface area contributed by atoms with Crippen molar-refractivity contribution in [1.29, 1.82) is 0 Å². The predicted octanol–water partition coefficient (Wildman–Crippen LogP) is 6.93. The highest BCUT2D eigenvalue weighted by Gasteiger charge is 2.31. The molecule has 0 aromatic heterocycles. The zero-order valence-corrected chi connectivity index (χ0v) is 18.4. The van der Waals surface area contributed by atoms with E-state index in [2.05, 4.69) is 16.6 Å². The minimum atomic E-state index is -4.81. The number of carbonyl (C=O) groups is 1. The molecule has 1 rings (SSSR count). The zero-order valence-electron chi connectivity index (χ0n) is 18.4. The minimum Gasteiger partial charge on any atom is -0.444 e. The molecular formula is C23H30F3NO3. The van der Waals surface area contributed by atoms with Crippen LogP contribution >= 0.6 is 0 Å². The summed E-state index contributed by atoms with van der Waals surface area (Å²) in [5.41, 5.74) is 3.11. The van der Waals surface area contributed by atoms with Gasteiger partial charge in [0.05, 0.1) is 0 Å². The van der Waals surface area contributed by atoms with Crippen LogP contribution in [0.1, 0.15) is 59.1 Å². The summed E-state index contributed by atoms with van der Waals surface area (Å²) in [4.78, 5) is 12.0. The predicted molar refractivity (Wildman–Crippen MR) is 113 cm³/mol. The van der Waals surface area contributed by atoms with Crippen molar-refractivity contribution in [2.75, 3.05) is 0 Å². The lowest BCUT2D eigenvalue weighted by molar-refractivity contribution is -0.274. The van der Waals surface area contributed by atoms with E-state index in [0.29, 0.717) is 11.1 Å². The molecule has 0 aliphatic heterocycles. The van der Waals surface area contributed by atoms with E-state index in [9.17, 15) is 18.0 Å². The molecule has 1 aromatic carbocycles. The van der Waals surface area contributed by atoms with Gasteiger partial charge in [-0.2, -0.15) is 0 Å². The van der Waals surface area contributed by atoms with Crippen molar-refractivity contribution in [3.63, 3.8) is 0 Å². The molecule has 0 radical (unpaired) electrons. The summed E-state index contributed by atoms with van der Waals surface area (Å²) >= 11 is 0. The van der Waals surface area contributed by atoms with Crippen molar-refractivity contribution in [1.82, 2.24) is 5.32 Å².